The van der Waals surface area contributed by atoms with E-state index in [4.69, 9.17) is 17.2 Å². The average Bonchev–Trinajstić information content (AvgIpc) is 1.88. The summed E-state index contributed by atoms with van der Waals surface area (Å²) in [6, 6.07) is 0.398. The largest absolute Gasteiger partial charge is 0.328 e. The van der Waals surface area contributed by atoms with Gasteiger partial charge >= 0.3 is 0 Å². The van der Waals surface area contributed by atoms with E-state index < -0.39 is 0 Å². The predicted octanol–water partition coefficient (Wildman–Crippen LogP) is -0.253. The molecule has 0 aliphatic heterocycles. The molecular weight excluding hydrogens is 126 g/mol. The molecule has 0 aromatic rings. The van der Waals surface area contributed by atoms with Crippen molar-refractivity contribution in [3.05, 3.63) is 0 Å². The first-order chi connectivity index (χ1) is 4.70. The van der Waals surface area contributed by atoms with Gasteiger partial charge in [-0.25, -0.2) is 0 Å². The molecule has 3 nitrogen and oxygen atoms in total. The van der Waals surface area contributed by atoms with Gasteiger partial charge in [0.05, 0.1) is 6.17 Å². The first-order valence-electron chi connectivity index (χ1n) is 3.97. The van der Waals surface area contributed by atoms with Gasteiger partial charge in [0, 0.05) is 6.04 Å². The molecule has 0 atom stereocenters. The predicted molar refractivity (Wildman–Crippen MR) is 42.1 cm³/mol. The molecule has 0 aromatic heterocycles. The average molecular weight is 143 g/mol. The van der Waals surface area contributed by atoms with Crippen LogP contribution in [0.2, 0.25) is 0 Å². The summed E-state index contributed by atoms with van der Waals surface area (Å²) in [6.45, 7) is 0. The van der Waals surface area contributed by atoms with Crippen molar-refractivity contribution in [1.82, 2.24) is 0 Å². The molecule has 1 aliphatic rings. The third kappa shape index (κ3) is 1.94. The fourth-order valence-electron chi connectivity index (χ4n) is 1.53. The number of hydrogen-bond donors (Lipinski definition) is 3. The highest BCUT2D eigenvalue weighted by atomic mass is 14.9. The van der Waals surface area contributed by atoms with Crippen LogP contribution in [0.25, 0.3) is 0 Å². The number of nitrogens with two attached hydrogens (primary N) is 3. The van der Waals surface area contributed by atoms with Gasteiger partial charge in [0.1, 0.15) is 0 Å². The molecule has 60 valence electrons. The molecule has 10 heavy (non-hydrogen) atoms. The Morgan fingerprint density at radius 2 is 1.50 bits per heavy atom. The van der Waals surface area contributed by atoms with Crippen LogP contribution in [0.3, 0.4) is 0 Å². The number of rotatable bonds is 1. The molecule has 0 spiro atoms. The van der Waals surface area contributed by atoms with E-state index in [2.05, 4.69) is 0 Å². The Morgan fingerprint density at radius 1 is 1.00 bits per heavy atom. The van der Waals surface area contributed by atoms with Crippen LogP contribution in [0.1, 0.15) is 25.7 Å². The summed E-state index contributed by atoms with van der Waals surface area (Å²) in [4.78, 5) is 0. The summed E-state index contributed by atoms with van der Waals surface area (Å²) in [6.07, 6.45) is 4.27. The van der Waals surface area contributed by atoms with E-state index in [1.54, 1.807) is 0 Å². The molecule has 1 rings (SSSR count). The zero-order valence-electron chi connectivity index (χ0n) is 6.29. The van der Waals surface area contributed by atoms with Crippen LogP contribution in [0.4, 0.5) is 0 Å². The minimum absolute atomic E-state index is 0.132. The lowest BCUT2D eigenvalue weighted by Gasteiger charge is -2.28. The van der Waals surface area contributed by atoms with E-state index in [9.17, 15) is 0 Å². The van der Waals surface area contributed by atoms with Crippen LogP contribution < -0.4 is 17.2 Å². The highest BCUT2D eigenvalue weighted by Crippen LogP contribution is 2.23. The quantitative estimate of drug-likeness (QED) is 0.443. The van der Waals surface area contributed by atoms with Gasteiger partial charge in [-0.3, -0.25) is 0 Å². The van der Waals surface area contributed by atoms with Crippen LogP contribution in [0.15, 0.2) is 0 Å². The van der Waals surface area contributed by atoms with Crippen molar-refractivity contribution >= 4 is 0 Å². The molecule has 0 amide bonds. The Kier molecular flexibility index (Phi) is 2.65. The van der Waals surface area contributed by atoms with Crippen molar-refractivity contribution < 1.29 is 0 Å². The number of hydrogen-bond acceptors (Lipinski definition) is 3. The van der Waals surface area contributed by atoms with Gasteiger partial charge in [-0.05, 0) is 31.6 Å². The minimum atomic E-state index is -0.132. The Bertz CT molecular complexity index is 95.0. The molecule has 0 heterocycles. The maximum atomic E-state index is 5.72. The van der Waals surface area contributed by atoms with Crippen molar-refractivity contribution in [2.24, 2.45) is 23.1 Å². The van der Waals surface area contributed by atoms with Crippen LogP contribution in [0, 0.1) is 5.92 Å². The summed E-state index contributed by atoms with van der Waals surface area (Å²) < 4.78 is 0. The Balaban J connectivity index is 2.26. The molecule has 1 fully saturated rings. The highest BCUT2D eigenvalue weighted by Gasteiger charge is 2.21. The molecule has 0 radical (unpaired) electrons. The Hall–Kier alpha value is -0.120. The van der Waals surface area contributed by atoms with Gasteiger partial charge in [-0.1, -0.05) is 0 Å². The minimum Gasteiger partial charge on any atom is -0.328 e. The molecule has 0 saturated heterocycles. The second-order valence-corrected chi connectivity index (χ2v) is 3.25. The zero-order valence-corrected chi connectivity index (χ0v) is 6.29. The molecule has 0 bridgehead atoms. The summed E-state index contributed by atoms with van der Waals surface area (Å²) in [7, 11) is 0. The first-order valence-corrected chi connectivity index (χ1v) is 3.97. The lowest BCUT2D eigenvalue weighted by molar-refractivity contribution is 0.286. The van der Waals surface area contributed by atoms with Crippen LogP contribution in [-0.2, 0) is 0 Å². The summed E-state index contributed by atoms with van der Waals surface area (Å²) in [5.41, 5.74) is 16.8. The molecule has 1 saturated carbocycles. The zero-order chi connectivity index (χ0) is 7.56. The highest BCUT2D eigenvalue weighted by molar-refractivity contribution is 4.77. The van der Waals surface area contributed by atoms with Crippen molar-refractivity contribution in [1.29, 1.82) is 0 Å². The van der Waals surface area contributed by atoms with Gasteiger partial charge in [-0.2, -0.15) is 0 Å². The van der Waals surface area contributed by atoms with E-state index in [0.29, 0.717) is 12.0 Å². The Labute approximate surface area is 61.9 Å². The second-order valence-electron chi connectivity index (χ2n) is 3.25. The maximum Gasteiger partial charge on any atom is 0.0549 e. The van der Waals surface area contributed by atoms with Crippen molar-refractivity contribution in [3.63, 3.8) is 0 Å². The van der Waals surface area contributed by atoms with Crippen molar-refractivity contribution in [2.75, 3.05) is 0 Å². The molecule has 0 aromatic carbocycles. The van der Waals surface area contributed by atoms with E-state index in [1.807, 2.05) is 0 Å². The third-order valence-electron chi connectivity index (χ3n) is 2.36. The second kappa shape index (κ2) is 3.32. The topological polar surface area (TPSA) is 78.1 Å². The SMILES string of the molecule is NC1CCC(C(N)N)CC1. The fourth-order valence-corrected chi connectivity index (χ4v) is 1.53. The molecule has 0 unspecified atom stereocenters. The smallest absolute Gasteiger partial charge is 0.0549 e. The Morgan fingerprint density at radius 3 is 1.90 bits per heavy atom. The van der Waals surface area contributed by atoms with E-state index in [1.165, 1.54) is 0 Å². The van der Waals surface area contributed by atoms with Crippen LogP contribution >= 0.6 is 0 Å². The van der Waals surface area contributed by atoms with Gasteiger partial charge in [0.2, 0.25) is 0 Å². The van der Waals surface area contributed by atoms with Gasteiger partial charge in [-0.15, -0.1) is 0 Å². The van der Waals surface area contributed by atoms with Crippen LogP contribution in [-0.4, -0.2) is 12.2 Å². The lowest BCUT2D eigenvalue weighted by atomic mass is 9.85. The molecule has 6 N–H and O–H groups in total. The third-order valence-corrected chi connectivity index (χ3v) is 2.36. The van der Waals surface area contributed by atoms with E-state index in [0.717, 1.165) is 25.7 Å². The van der Waals surface area contributed by atoms with E-state index >= 15 is 0 Å². The standard InChI is InChI=1S/C7H17N3/c8-6-3-1-5(2-4-6)7(9)10/h5-7H,1-4,8-10H2. The maximum absolute atomic E-state index is 5.72. The van der Waals surface area contributed by atoms with Crippen molar-refractivity contribution in [3.8, 4) is 0 Å². The first kappa shape index (κ1) is 7.98. The molecular formula is C7H17N3. The van der Waals surface area contributed by atoms with E-state index in [-0.39, 0.29) is 6.17 Å². The molecule has 1 aliphatic carbocycles. The summed E-state index contributed by atoms with van der Waals surface area (Å²) in [5.74, 6) is 0.514. The van der Waals surface area contributed by atoms with Crippen molar-refractivity contribution in [2.45, 2.75) is 37.9 Å². The molecule has 3 heteroatoms. The van der Waals surface area contributed by atoms with Gasteiger partial charge in [0.25, 0.3) is 0 Å². The fraction of sp³-hybridized carbons (Fsp3) is 1.00. The van der Waals surface area contributed by atoms with Crippen LogP contribution in [0.5, 0.6) is 0 Å². The van der Waals surface area contributed by atoms with Gasteiger partial charge < -0.3 is 17.2 Å². The summed E-state index contributed by atoms with van der Waals surface area (Å²) in [5, 5.41) is 0. The monoisotopic (exact) mass is 143 g/mol. The lowest BCUT2D eigenvalue weighted by Crippen LogP contribution is -2.42. The summed E-state index contributed by atoms with van der Waals surface area (Å²) >= 11 is 0. The van der Waals surface area contributed by atoms with Gasteiger partial charge in [0.15, 0.2) is 0 Å². The normalized spacial score (nSPS) is 34.8.